The van der Waals surface area contributed by atoms with E-state index in [-0.39, 0.29) is 34.6 Å². The van der Waals surface area contributed by atoms with Gasteiger partial charge in [0.25, 0.3) is 0 Å². The Morgan fingerprint density at radius 3 is 2.51 bits per heavy atom. The molecule has 0 bridgehead atoms. The molecule has 1 N–H and O–H groups in total. The Morgan fingerprint density at radius 1 is 1.06 bits per heavy atom. The number of carbonyl (C=O) groups excluding carboxylic acids is 2. The summed E-state index contributed by atoms with van der Waals surface area (Å²) in [7, 11) is 0. The molecular weight excluding hydrogens is 440 g/mol. The zero-order chi connectivity index (χ0) is 25.4. The van der Waals surface area contributed by atoms with Crippen molar-refractivity contribution in [2.45, 2.75) is 104 Å². The number of ether oxygens (including phenoxy) is 2. The molecule has 0 aromatic carbocycles. The lowest BCUT2D eigenvalue weighted by atomic mass is 9.52. The van der Waals surface area contributed by atoms with Crippen LogP contribution in [0.4, 0.5) is 0 Å². The summed E-state index contributed by atoms with van der Waals surface area (Å²) in [6, 6.07) is 0. The van der Waals surface area contributed by atoms with Gasteiger partial charge in [0.2, 0.25) is 0 Å². The molecular formula is C30H40O5. The fourth-order valence-corrected chi connectivity index (χ4v) is 8.22. The van der Waals surface area contributed by atoms with Crippen LogP contribution < -0.4 is 0 Å². The van der Waals surface area contributed by atoms with Crippen molar-refractivity contribution in [1.29, 1.82) is 0 Å². The highest BCUT2D eigenvalue weighted by Gasteiger charge is 2.63. The highest BCUT2D eigenvalue weighted by molar-refractivity contribution is 5.88. The van der Waals surface area contributed by atoms with Crippen LogP contribution in [0.5, 0.6) is 0 Å². The van der Waals surface area contributed by atoms with Crippen molar-refractivity contribution >= 4 is 11.9 Å². The summed E-state index contributed by atoms with van der Waals surface area (Å²) >= 11 is 0. The van der Waals surface area contributed by atoms with E-state index in [1.807, 2.05) is 32.9 Å². The molecule has 0 saturated heterocycles. The van der Waals surface area contributed by atoms with Crippen LogP contribution in [0, 0.1) is 22.7 Å². The van der Waals surface area contributed by atoms with Crippen LogP contribution in [0.1, 0.15) is 86.5 Å². The summed E-state index contributed by atoms with van der Waals surface area (Å²) in [4.78, 5) is 24.4. The van der Waals surface area contributed by atoms with E-state index in [1.54, 1.807) is 13.0 Å². The van der Waals surface area contributed by atoms with Gasteiger partial charge < -0.3 is 14.6 Å². The summed E-state index contributed by atoms with van der Waals surface area (Å²) < 4.78 is 11.5. The van der Waals surface area contributed by atoms with Crippen LogP contribution in [0.15, 0.2) is 46.6 Å². The number of aliphatic hydroxyl groups is 1. The second kappa shape index (κ2) is 7.93. The Bertz CT molecular complexity index is 1090. The number of fused-ring (bicyclic) bond motifs is 3. The zero-order valence-electron chi connectivity index (χ0n) is 22.1. The Kier molecular flexibility index (Phi) is 5.56. The van der Waals surface area contributed by atoms with Gasteiger partial charge in [-0.3, -0.25) is 0 Å². The van der Waals surface area contributed by atoms with Crippen molar-refractivity contribution in [2.75, 3.05) is 0 Å². The second-order valence-corrected chi connectivity index (χ2v) is 12.7. The Hall–Kier alpha value is -2.14. The van der Waals surface area contributed by atoms with Crippen molar-refractivity contribution < 1.29 is 24.2 Å². The largest absolute Gasteiger partial charge is 0.456 e. The first kappa shape index (κ1) is 24.5. The molecule has 190 valence electrons. The van der Waals surface area contributed by atoms with Crippen molar-refractivity contribution in [3.8, 4) is 0 Å². The maximum absolute atomic E-state index is 12.3. The SMILES string of the molecule is CC1=CCC(C(C)(O)[C@H]2CC[C@@]3(C)C4=C(C=C5C=CC(=O)OC(C)(C)[C@@H]5CC4)CC[C@]23C)OC1=O. The van der Waals surface area contributed by atoms with E-state index in [4.69, 9.17) is 9.47 Å². The summed E-state index contributed by atoms with van der Waals surface area (Å²) in [5, 5.41) is 11.9. The molecule has 35 heavy (non-hydrogen) atoms. The van der Waals surface area contributed by atoms with Gasteiger partial charge >= 0.3 is 11.9 Å². The molecule has 1 fully saturated rings. The highest BCUT2D eigenvalue weighted by atomic mass is 16.6. The Balaban J connectivity index is 1.50. The normalized spacial score (nSPS) is 40.1. The molecule has 2 unspecified atom stereocenters. The van der Waals surface area contributed by atoms with Gasteiger partial charge in [0, 0.05) is 24.0 Å². The lowest BCUT2D eigenvalue weighted by Gasteiger charge is -2.54. The number of hydrogen-bond donors (Lipinski definition) is 1. The average Bonchev–Trinajstić information content (AvgIpc) is 2.88. The van der Waals surface area contributed by atoms with Crippen molar-refractivity contribution in [2.24, 2.45) is 22.7 Å². The molecule has 5 heteroatoms. The number of rotatable bonds is 2. The lowest BCUT2D eigenvalue weighted by molar-refractivity contribution is -0.178. The maximum atomic E-state index is 12.3. The molecule has 2 heterocycles. The summed E-state index contributed by atoms with van der Waals surface area (Å²) in [6.07, 6.45) is 13.6. The molecule has 6 atom stereocenters. The predicted octanol–water partition coefficient (Wildman–Crippen LogP) is 5.74. The van der Waals surface area contributed by atoms with Crippen LogP contribution in [0.3, 0.4) is 0 Å². The topological polar surface area (TPSA) is 72.8 Å². The molecule has 5 nitrogen and oxygen atoms in total. The average molecular weight is 481 g/mol. The van der Waals surface area contributed by atoms with Gasteiger partial charge in [0.05, 0.1) is 0 Å². The minimum Gasteiger partial charge on any atom is -0.456 e. The van der Waals surface area contributed by atoms with Crippen molar-refractivity contribution in [3.63, 3.8) is 0 Å². The smallest absolute Gasteiger partial charge is 0.333 e. The molecule has 2 aliphatic heterocycles. The van der Waals surface area contributed by atoms with Gasteiger partial charge in [0.15, 0.2) is 0 Å². The zero-order valence-corrected chi connectivity index (χ0v) is 22.1. The van der Waals surface area contributed by atoms with E-state index < -0.39 is 17.3 Å². The standard InChI is InChI=1S/C30H40O5/c1-18-7-11-24(34-26(18)32)30(6,33)23-14-16-28(4)22-10-9-21-19(8-12-25(31)35-27(21,2)3)17-20(22)13-15-29(23,28)5/h7-8,12,17,21,23-24,33H,9-11,13-16H2,1-6H3/t21-,23+,24?,28+,29-,30?/m1/s1. The maximum Gasteiger partial charge on any atom is 0.333 e. The Labute approximate surface area is 209 Å². The summed E-state index contributed by atoms with van der Waals surface area (Å²) in [5.41, 5.74) is 2.95. The van der Waals surface area contributed by atoms with Crippen LogP contribution in [-0.2, 0) is 19.1 Å². The van der Waals surface area contributed by atoms with Crippen LogP contribution in [0.2, 0.25) is 0 Å². The van der Waals surface area contributed by atoms with E-state index in [9.17, 15) is 14.7 Å². The van der Waals surface area contributed by atoms with E-state index in [0.717, 1.165) is 38.5 Å². The predicted molar refractivity (Wildman–Crippen MR) is 134 cm³/mol. The molecule has 1 saturated carbocycles. The third-order valence-corrected chi connectivity index (χ3v) is 10.5. The minimum atomic E-state index is -1.09. The van der Waals surface area contributed by atoms with Gasteiger partial charge in [-0.05, 0) is 94.1 Å². The third kappa shape index (κ3) is 3.60. The number of cyclic esters (lactones) is 2. The Morgan fingerprint density at radius 2 is 1.80 bits per heavy atom. The quantitative estimate of drug-likeness (QED) is 0.510. The first-order chi connectivity index (χ1) is 16.3. The first-order valence-corrected chi connectivity index (χ1v) is 13.2. The van der Waals surface area contributed by atoms with Gasteiger partial charge in [-0.15, -0.1) is 0 Å². The first-order valence-electron chi connectivity index (χ1n) is 13.2. The van der Waals surface area contributed by atoms with E-state index in [1.165, 1.54) is 16.7 Å². The number of carbonyl (C=O) groups is 2. The minimum absolute atomic E-state index is 0.0369. The number of allylic oxidation sites excluding steroid dienone is 4. The van der Waals surface area contributed by atoms with Crippen LogP contribution in [0.25, 0.3) is 0 Å². The molecule has 5 aliphatic rings. The molecule has 0 aromatic rings. The van der Waals surface area contributed by atoms with E-state index >= 15 is 0 Å². The number of hydrogen-bond acceptors (Lipinski definition) is 5. The fourth-order valence-electron chi connectivity index (χ4n) is 8.22. The molecule has 5 rings (SSSR count). The van der Waals surface area contributed by atoms with Gasteiger partial charge in [-0.2, -0.15) is 0 Å². The van der Waals surface area contributed by atoms with Gasteiger partial charge in [-0.25, -0.2) is 9.59 Å². The third-order valence-electron chi connectivity index (χ3n) is 10.5. The van der Waals surface area contributed by atoms with Gasteiger partial charge in [0.1, 0.15) is 17.3 Å². The lowest BCUT2D eigenvalue weighted by Crippen LogP contribution is -2.55. The molecule has 0 amide bonds. The fraction of sp³-hybridized carbons (Fsp3) is 0.667. The number of esters is 2. The van der Waals surface area contributed by atoms with E-state index in [2.05, 4.69) is 19.9 Å². The second-order valence-electron chi connectivity index (χ2n) is 12.7. The van der Waals surface area contributed by atoms with E-state index in [0.29, 0.717) is 12.0 Å². The summed E-state index contributed by atoms with van der Waals surface area (Å²) in [5.74, 6) is -0.387. The molecule has 0 radical (unpaired) electrons. The van der Waals surface area contributed by atoms with Crippen molar-refractivity contribution in [1.82, 2.24) is 0 Å². The molecule has 0 spiro atoms. The molecule has 3 aliphatic carbocycles. The monoisotopic (exact) mass is 480 g/mol. The van der Waals surface area contributed by atoms with Crippen LogP contribution >= 0.6 is 0 Å². The van der Waals surface area contributed by atoms with Crippen LogP contribution in [-0.4, -0.2) is 34.4 Å². The highest BCUT2D eigenvalue weighted by Crippen LogP contribution is 2.69. The van der Waals surface area contributed by atoms with Gasteiger partial charge in [-0.1, -0.05) is 37.6 Å². The van der Waals surface area contributed by atoms with Crippen molar-refractivity contribution in [3.05, 3.63) is 46.6 Å². The summed E-state index contributed by atoms with van der Waals surface area (Å²) in [6.45, 7) is 12.5. The molecule has 0 aromatic heterocycles.